The van der Waals surface area contributed by atoms with Gasteiger partial charge in [0.2, 0.25) is 0 Å². The molecule has 1 N–H and O–H groups in total. The Morgan fingerprint density at radius 3 is 2.62 bits per heavy atom. The zero-order valence-corrected chi connectivity index (χ0v) is 14.1. The van der Waals surface area contributed by atoms with Crippen LogP contribution >= 0.6 is 11.3 Å². The van der Waals surface area contributed by atoms with E-state index in [9.17, 15) is 14.7 Å². The molecule has 2 unspecified atom stereocenters. The number of aliphatic carboxylic acids is 1. The largest absolute Gasteiger partial charge is 0.481 e. The molecule has 0 bridgehead atoms. The number of carbonyl (C=O) groups is 2. The lowest BCUT2D eigenvalue weighted by atomic mass is 9.89. The molecule has 5 heteroatoms. The van der Waals surface area contributed by atoms with Crippen LogP contribution in [0.15, 0.2) is 36.4 Å². The molecule has 2 aromatic rings. The van der Waals surface area contributed by atoms with E-state index in [1.54, 1.807) is 16.2 Å². The van der Waals surface area contributed by atoms with Crippen molar-refractivity contribution in [1.29, 1.82) is 0 Å². The summed E-state index contributed by atoms with van der Waals surface area (Å²) in [6.45, 7) is 0.763. The van der Waals surface area contributed by atoms with E-state index < -0.39 is 11.9 Å². The topological polar surface area (TPSA) is 57.6 Å². The first-order valence-corrected chi connectivity index (χ1v) is 9.13. The van der Waals surface area contributed by atoms with Gasteiger partial charge in [-0.2, -0.15) is 0 Å². The van der Waals surface area contributed by atoms with Crippen molar-refractivity contribution in [2.75, 3.05) is 13.1 Å². The molecule has 4 nitrogen and oxygen atoms in total. The lowest BCUT2D eigenvalue weighted by molar-refractivity contribution is -0.141. The van der Waals surface area contributed by atoms with E-state index in [1.165, 1.54) is 16.9 Å². The van der Waals surface area contributed by atoms with Crippen LogP contribution < -0.4 is 0 Å². The van der Waals surface area contributed by atoms with Crippen LogP contribution in [0, 0.1) is 5.92 Å². The fourth-order valence-corrected chi connectivity index (χ4v) is 5.07. The molecular weight excluding hydrogens is 322 g/mol. The van der Waals surface area contributed by atoms with Gasteiger partial charge in [0, 0.05) is 23.9 Å². The van der Waals surface area contributed by atoms with Crippen LogP contribution in [0.25, 0.3) is 0 Å². The molecule has 1 aromatic carbocycles. The number of likely N-dealkylation sites (tertiary alicyclic amines) is 1. The summed E-state index contributed by atoms with van der Waals surface area (Å²) in [6.07, 6.45) is 3.30. The molecule has 1 aromatic heterocycles. The van der Waals surface area contributed by atoms with E-state index in [4.69, 9.17) is 0 Å². The molecule has 1 aliphatic carbocycles. The summed E-state index contributed by atoms with van der Waals surface area (Å²) in [4.78, 5) is 28.3. The predicted molar refractivity (Wildman–Crippen MR) is 92.6 cm³/mol. The van der Waals surface area contributed by atoms with Crippen molar-refractivity contribution in [1.82, 2.24) is 4.90 Å². The number of amides is 1. The smallest absolute Gasteiger partial charge is 0.308 e. The Labute approximate surface area is 144 Å². The minimum Gasteiger partial charge on any atom is -0.481 e. The van der Waals surface area contributed by atoms with Gasteiger partial charge in [0.05, 0.1) is 10.8 Å². The maximum absolute atomic E-state index is 12.8. The number of aryl methyl sites for hydroxylation is 2. The van der Waals surface area contributed by atoms with Gasteiger partial charge in [-0.15, -0.1) is 11.3 Å². The molecule has 124 valence electrons. The number of nitrogens with zero attached hydrogens (tertiary/aromatic N) is 1. The maximum atomic E-state index is 12.8. The van der Waals surface area contributed by atoms with Crippen molar-refractivity contribution in [3.8, 4) is 0 Å². The van der Waals surface area contributed by atoms with Gasteiger partial charge in [-0.25, -0.2) is 0 Å². The van der Waals surface area contributed by atoms with E-state index in [-0.39, 0.29) is 18.4 Å². The third kappa shape index (κ3) is 2.63. The first kappa shape index (κ1) is 15.4. The summed E-state index contributed by atoms with van der Waals surface area (Å²) in [5.74, 6) is -1.52. The normalized spacial score (nSPS) is 22.6. The van der Waals surface area contributed by atoms with Crippen molar-refractivity contribution in [2.45, 2.75) is 25.2 Å². The van der Waals surface area contributed by atoms with Gasteiger partial charge < -0.3 is 10.0 Å². The van der Waals surface area contributed by atoms with E-state index in [2.05, 4.69) is 0 Å². The summed E-state index contributed by atoms with van der Waals surface area (Å²) in [7, 11) is 0. The highest BCUT2D eigenvalue weighted by molar-refractivity contribution is 7.14. The van der Waals surface area contributed by atoms with Crippen LogP contribution in [0.1, 0.15) is 38.0 Å². The SMILES string of the molecule is O=C(O)C1CN(C(=O)c2cc3c(s2)CCC3)CC1c1ccccc1. The van der Waals surface area contributed by atoms with Gasteiger partial charge in [-0.05, 0) is 36.5 Å². The standard InChI is InChI=1S/C19H19NO3S/c21-18(17-9-13-7-4-8-16(13)24-17)20-10-14(15(11-20)19(22)23)12-5-2-1-3-6-12/h1-3,5-6,9,14-15H,4,7-8,10-11H2,(H,22,23). The average Bonchev–Trinajstić information content (AvgIpc) is 3.28. The third-order valence-corrected chi connectivity index (χ3v) is 6.33. The maximum Gasteiger partial charge on any atom is 0.308 e. The van der Waals surface area contributed by atoms with E-state index in [0.717, 1.165) is 23.3 Å². The van der Waals surface area contributed by atoms with E-state index in [0.29, 0.717) is 6.54 Å². The molecule has 4 rings (SSSR count). The molecular formula is C19H19NO3S. The van der Waals surface area contributed by atoms with E-state index >= 15 is 0 Å². The average molecular weight is 341 g/mol. The van der Waals surface area contributed by atoms with Gasteiger partial charge in [-0.3, -0.25) is 9.59 Å². The van der Waals surface area contributed by atoms with Crippen LogP contribution in [-0.2, 0) is 17.6 Å². The Hall–Kier alpha value is -2.14. The monoisotopic (exact) mass is 341 g/mol. The number of rotatable bonds is 3. The molecule has 0 spiro atoms. The Morgan fingerprint density at radius 2 is 1.92 bits per heavy atom. The van der Waals surface area contributed by atoms with Gasteiger partial charge in [0.15, 0.2) is 0 Å². The van der Waals surface area contributed by atoms with Crippen molar-refractivity contribution < 1.29 is 14.7 Å². The fourth-order valence-electron chi connectivity index (χ4n) is 3.85. The summed E-state index contributed by atoms with van der Waals surface area (Å²) < 4.78 is 0. The molecule has 0 saturated carbocycles. The minimum atomic E-state index is -0.826. The highest BCUT2D eigenvalue weighted by Crippen LogP contribution is 2.36. The highest BCUT2D eigenvalue weighted by Gasteiger charge is 2.41. The van der Waals surface area contributed by atoms with Crippen molar-refractivity contribution >= 4 is 23.2 Å². The summed E-state index contributed by atoms with van der Waals surface area (Å²) in [6, 6.07) is 11.7. The number of fused-ring (bicyclic) bond motifs is 1. The van der Waals surface area contributed by atoms with Crippen LogP contribution in [0.3, 0.4) is 0 Å². The molecule has 1 fully saturated rings. The molecule has 1 aliphatic heterocycles. The second-order valence-corrected chi connectivity index (χ2v) is 7.72. The quantitative estimate of drug-likeness (QED) is 0.933. The Kier molecular flexibility index (Phi) is 3.88. The molecule has 2 heterocycles. The third-order valence-electron chi connectivity index (χ3n) is 5.11. The predicted octanol–water partition coefficient (Wildman–Crippen LogP) is 3.18. The van der Waals surface area contributed by atoms with E-state index in [1.807, 2.05) is 36.4 Å². The van der Waals surface area contributed by atoms with Gasteiger partial charge in [0.1, 0.15) is 0 Å². The molecule has 0 radical (unpaired) electrons. The van der Waals surface area contributed by atoms with Gasteiger partial charge in [0.25, 0.3) is 5.91 Å². The van der Waals surface area contributed by atoms with Crippen LogP contribution in [0.2, 0.25) is 0 Å². The van der Waals surface area contributed by atoms with Crippen molar-refractivity contribution in [3.63, 3.8) is 0 Å². The fraction of sp³-hybridized carbons (Fsp3) is 0.368. The second-order valence-electron chi connectivity index (χ2n) is 6.58. The Balaban J connectivity index is 1.58. The molecule has 24 heavy (non-hydrogen) atoms. The zero-order chi connectivity index (χ0) is 16.7. The number of carboxylic acid groups (broad SMARTS) is 1. The molecule has 1 amide bonds. The Bertz CT molecular complexity index is 762. The highest BCUT2D eigenvalue weighted by atomic mass is 32.1. The first-order chi connectivity index (χ1) is 11.6. The first-order valence-electron chi connectivity index (χ1n) is 8.32. The van der Waals surface area contributed by atoms with Crippen molar-refractivity contribution in [3.05, 3.63) is 57.3 Å². The van der Waals surface area contributed by atoms with Gasteiger partial charge >= 0.3 is 5.97 Å². The number of hydrogen-bond acceptors (Lipinski definition) is 3. The number of carbonyl (C=O) groups excluding carboxylic acids is 1. The van der Waals surface area contributed by atoms with Crippen LogP contribution in [-0.4, -0.2) is 35.0 Å². The lowest BCUT2D eigenvalue weighted by Gasteiger charge is -2.15. The van der Waals surface area contributed by atoms with Crippen LogP contribution in [0.4, 0.5) is 0 Å². The number of thiophene rings is 1. The van der Waals surface area contributed by atoms with Crippen molar-refractivity contribution in [2.24, 2.45) is 5.92 Å². The zero-order valence-electron chi connectivity index (χ0n) is 13.3. The second kappa shape index (κ2) is 6.06. The lowest BCUT2D eigenvalue weighted by Crippen LogP contribution is -2.29. The Morgan fingerprint density at radius 1 is 1.12 bits per heavy atom. The molecule has 2 atom stereocenters. The number of hydrogen-bond donors (Lipinski definition) is 1. The summed E-state index contributed by atoms with van der Waals surface area (Å²) >= 11 is 1.58. The summed E-state index contributed by atoms with van der Waals surface area (Å²) in [5.41, 5.74) is 2.30. The van der Waals surface area contributed by atoms with Crippen LogP contribution in [0.5, 0.6) is 0 Å². The molecule has 1 saturated heterocycles. The number of carboxylic acids is 1. The summed E-state index contributed by atoms with van der Waals surface area (Å²) in [5, 5.41) is 9.58. The minimum absolute atomic E-state index is 0.0147. The van der Waals surface area contributed by atoms with Gasteiger partial charge in [-0.1, -0.05) is 30.3 Å². The number of benzene rings is 1. The molecule has 2 aliphatic rings.